The van der Waals surface area contributed by atoms with Crippen molar-refractivity contribution in [2.75, 3.05) is 4.90 Å². The SMILES string of the molecule is CC1(C)c2ccccc2-c2ccc(N(c3ccccc3)c3ccc(-c4ccc(-n5c(-c6ccccc6)c6c7c(cccc75)-c5ccccc5-c5ccccc5-6)cc4)cc3)cc21.c1ccc(-c2c3c4c(cccc4n2-c2ccc(-c4ccc(-n5c6ccccc6c6ccccc65)cc4)cc2)-c2ccccc2-c2ccccc2-3)cc1.c1ccc(-n2c(-c3ccccn3)c3c4c(cccc42)-c2ccccc2-c2ccccc2-3)cc1. The summed E-state index contributed by atoms with van der Waals surface area (Å²) in [5, 5.41) is 6.42. The van der Waals surface area contributed by atoms with Gasteiger partial charge in [-0.25, -0.2) is 0 Å². The average Bonchev–Trinajstić information content (AvgIpc) is 1.55. The molecule has 0 aliphatic heterocycles. The summed E-state index contributed by atoms with van der Waals surface area (Å²) in [5.74, 6) is 0. The van der Waals surface area contributed by atoms with E-state index in [0.717, 1.165) is 51.2 Å². The Kier molecular flexibility index (Phi) is 20.2. The highest BCUT2D eigenvalue weighted by molar-refractivity contribution is 6.22. The molecule has 0 bridgehead atoms. The fraction of sp³-hybridized carbons (Fsp3) is 0.0214. The Bertz CT molecular complexity index is 9590. The van der Waals surface area contributed by atoms with Crippen LogP contribution in [0, 0.1) is 0 Å². The summed E-state index contributed by atoms with van der Waals surface area (Å²) in [7, 11) is 0. The molecule has 146 heavy (non-hydrogen) atoms. The fourth-order valence-electron chi connectivity index (χ4n) is 24.3. The van der Waals surface area contributed by atoms with Crippen LogP contribution in [-0.2, 0) is 5.41 Å². The standard InChI is InChI=1S/C59H42N2.C50H32N2.C31H20N2/c1-59(2)53-26-14-13-23-49(53)50-37-36-45(38-54(50)59)60(42-18-7-4-8-19-42)43-32-28-39(29-33-43)40-30-34-44(35-31-40)61-55-27-15-25-51-47-21-10-9-20-46(47)48-22-11-12-24-52(48)57(56(51)55)58(61)41-16-5-3-6-17-41;1-2-13-35(14-3-1)50-49-44-20-7-6-17-40(44)38-15-4-5-16-39(38)43-21-12-24-47(48(43)49)52(50)37-31-27-34(28-32-37)33-25-29-36(30-26-33)51-45-22-10-8-18-41(45)42-19-9-11-23-46(42)51;1-2-11-21(12-3-1)33-28-19-10-17-25-23-14-5-4-13-22(23)24-15-6-7-16-26(24)30(29(25)28)31(33)27-18-8-9-20-32-27/h3-38H,1-2H3;1-32H;1-20H. The molecule has 0 radical (unpaired) electrons. The Balaban J connectivity index is 0.000000110. The molecule has 0 amide bonds. The van der Waals surface area contributed by atoms with Crippen LogP contribution in [0.4, 0.5) is 17.1 Å². The van der Waals surface area contributed by atoms with E-state index in [-0.39, 0.29) is 5.41 Å². The van der Waals surface area contributed by atoms with E-state index in [2.05, 4.69) is 559 Å². The number of hydrogen-bond acceptors (Lipinski definition) is 2. The number of benzene rings is 21. The predicted molar refractivity (Wildman–Crippen MR) is 611 cm³/mol. The van der Waals surface area contributed by atoms with E-state index in [4.69, 9.17) is 4.98 Å². The van der Waals surface area contributed by atoms with Gasteiger partial charge in [0.2, 0.25) is 0 Å². The summed E-state index contributed by atoms with van der Waals surface area (Å²) in [6.07, 6.45) is 1.88. The van der Waals surface area contributed by atoms with Crippen LogP contribution in [0.3, 0.4) is 0 Å². The van der Waals surface area contributed by atoms with Gasteiger partial charge in [-0.05, 0) is 266 Å². The molecule has 5 aromatic heterocycles. The summed E-state index contributed by atoms with van der Waals surface area (Å²) in [4.78, 5) is 7.21. The van der Waals surface area contributed by atoms with E-state index < -0.39 is 0 Å². The first-order valence-corrected chi connectivity index (χ1v) is 50.5. The first kappa shape index (κ1) is 85.0. The Morgan fingerprint density at radius 2 is 0.473 bits per heavy atom. The molecule has 0 unspecified atom stereocenters. The second-order valence-corrected chi connectivity index (χ2v) is 39.0. The molecule has 0 fully saturated rings. The second kappa shape index (κ2) is 34.8. The third-order valence-electron chi connectivity index (χ3n) is 30.7. The molecule has 26 aromatic rings. The largest absolute Gasteiger partial charge is 0.310 e. The van der Waals surface area contributed by atoms with Gasteiger partial charge in [0.1, 0.15) is 0 Å². The lowest BCUT2D eigenvalue weighted by Crippen LogP contribution is -2.16. The third-order valence-corrected chi connectivity index (χ3v) is 30.7. The lowest BCUT2D eigenvalue weighted by Gasteiger charge is -2.28. The molecule has 0 spiro atoms. The molecule has 0 N–H and O–H groups in total. The van der Waals surface area contributed by atoms with E-state index in [1.807, 2.05) is 12.3 Å². The van der Waals surface area contributed by atoms with Crippen molar-refractivity contribution in [1.29, 1.82) is 0 Å². The third kappa shape index (κ3) is 13.7. The number of nitrogens with zero attached hydrogens (tertiary/aromatic N) is 6. The van der Waals surface area contributed by atoms with Crippen molar-refractivity contribution in [3.8, 4) is 190 Å². The maximum atomic E-state index is 4.82. The molecule has 5 heterocycles. The number of fused-ring (bicyclic) bond motifs is 21. The number of pyridine rings is 1. The van der Waals surface area contributed by atoms with Gasteiger partial charge in [0, 0.05) is 95.0 Å². The van der Waals surface area contributed by atoms with Gasteiger partial charge in [-0.15, -0.1) is 0 Å². The van der Waals surface area contributed by atoms with E-state index in [0.29, 0.717) is 0 Å². The van der Waals surface area contributed by atoms with Crippen molar-refractivity contribution in [3.63, 3.8) is 0 Å². The molecule has 0 saturated heterocycles. The van der Waals surface area contributed by atoms with Crippen LogP contribution >= 0.6 is 0 Å². The molecule has 0 saturated carbocycles. The van der Waals surface area contributed by atoms with Gasteiger partial charge in [0.25, 0.3) is 0 Å². The second-order valence-electron chi connectivity index (χ2n) is 39.0. The highest BCUT2D eigenvalue weighted by Gasteiger charge is 2.38. The first-order chi connectivity index (χ1) is 72.3. The maximum absolute atomic E-state index is 4.82. The van der Waals surface area contributed by atoms with Crippen LogP contribution in [-0.4, -0.2) is 23.3 Å². The Morgan fingerprint density at radius 1 is 0.185 bits per heavy atom. The van der Waals surface area contributed by atoms with Crippen LogP contribution in [0.2, 0.25) is 0 Å². The van der Waals surface area contributed by atoms with E-state index in [1.54, 1.807) is 0 Å². The van der Waals surface area contributed by atoms with Crippen LogP contribution in [0.1, 0.15) is 25.0 Å². The predicted octanol–water partition coefficient (Wildman–Crippen LogP) is 37.4. The van der Waals surface area contributed by atoms with Gasteiger partial charge in [-0.3, -0.25) is 4.98 Å². The summed E-state index contributed by atoms with van der Waals surface area (Å²) < 4.78 is 9.71. The van der Waals surface area contributed by atoms with Crippen LogP contribution in [0.5, 0.6) is 0 Å². The van der Waals surface area contributed by atoms with Crippen molar-refractivity contribution >= 4 is 71.6 Å². The van der Waals surface area contributed by atoms with Gasteiger partial charge < -0.3 is 23.2 Å². The molecule has 684 valence electrons. The lowest BCUT2D eigenvalue weighted by atomic mass is 9.82. The van der Waals surface area contributed by atoms with Crippen LogP contribution in [0.15, 0.2) is 534 Å². The Morgan fingerprint density at radius 3 is 0.890 bits per heavy atom. The minimum atomic E-state index is -0.0790. The normalized spacial score (nSPS) is 12.2. The van der Waals surface area contributed by atoms with Crippen molar-refractivity contribution < 1.29 is 0 Å². The number of anilines is 3. The van der Waals surface area contributed by atoms with E-state index >= 15 is 0 Å². The van der Waals surface area contributed by atoms with Crippen LogP contribution < -0.4 is 4.90 Å². The van der Waals surface area contributed by atoms with Gasteiger partial charge >= 0.3 is 0 Å². The lowest BCUT2D eigenvalue weighted by molar-refractivity contribution is 0.660. The minimum absolute atomic E-state index is 0.0790. The number of aromatic nitrogens is 5. The average molecular weight is 1860 g/mol. The number of hydrogen-bond donors (Lipinski definition) is 0. The van der Waals surface area contributed by atoms with Crippen molar-refractivity contribution in [2.45, 2.75) is 19.3 Å². The molecule has 0 atom stereocenters. The zero-order valence-corrected chi connectivity index (χ0v) is 80.5. The topological polar surface area (TPSA) is 35.9 Å². The highest BCUT2D eigenvalue weighted by atomic mass is 15.1. The summed E-state index contributed by atoms with van der Waals surface area (Å²) in [6.45, 7) is 4.70. The van der Waals surface area contributed by atoms with Gasteiger partial charge in [-0.2, -0.15) is 0 Å². The highest BCUT2D eigenvalue weighted by Crippen LogP contribution is 2.59. The van der Waals surface area contributed by atoms with Crippen molar-refractivity contribution in [2.24, 2.45) is 0 Å². The maximum Gasteiger partial charge on any atom is 0.0876 e. The van der Waals surface area contributed by atoms with Gasteiger partial charge in [0.05, 0.1) is 50.4 Å². The zero-order valence-electron chi connectivity index (χ0n) is 80.5. The number of para-hydroxylation sites is 4. The Labute approximate surface area is 848 Å². The smallest absolute Gasteiger partial charge is 0.0876 e. The molecule has 4 aliphatic rings. The summed E-state index contributed by atoms with van der Waals surface area (Å²) in [5.41, 5.74) is 53.9. The van der Waals surface area contributed by atoms with Gasteiger partial charge in [-0.1, -0.05) is 414 Å². The molecule has 4 aliphatic carbocycles. The van der Waals surface area contributed by atoms with Gasteiger partial charge in [0.15, 0.2) is 0 Å². The molecule has 30 rings (SSSR count). The molecule has 6 nitrogen and oxygen atoms in total. The Hall–Kier alpha value is -19.0. The molecular formula is C140H94N6. The minimum Gasteiger partial charge on any atom is -0.310 e. The van der Waals surface area contributed by atoms with Crippen molar-refractivity contribution in [1.82, 2.24) is 23.3 Å². The monoisotopic (exact) mass is 1860 g/mol. The van der Waals surface area contributed by atoms with Crippen molar-refractivity contribution in [3.05, 3.63) is 545 Å². The molecule has 21 aromatic carbocycles. The summed E-state index contributed by atoms with van der Waals surface area (Å²) >= 11 is 0. The van der Waals surface area contributed by atoms with E-state index in [9.17, 15) is 0 Å². The molecular weight excluding hydrogens is 1770 g/mol. The first-order valence-electron chi connectivity index (χ1n) is 50.5. The zero-order chi connectivity index (χ0) is 96.6. The quantitative estimate of drug-likeness (QED) is 0.122. The summed E-state index contributed by atoms with van der Waals surface area (Å²) in [6, 6.07) is 192. The fourth-order valence-corrected chi connectivity index (χ4v) is 24.3. The molecule has 6 heteroatoms. The van der Waals surface area contributed by atoms with E-state index in [1.165, 1.54) is 222 Å². The number of rotatable bonds is 12. The van der Waals surface area contributed by atoms with Crippen LogP contribution in [0.25, 0.3) is 245 Å².